The molecule has 1 aromatic heterocycles. The molecule has 0 saturated carbocycles. The Labute approximate surface area is 180 Å². The molecule has 4 rings (SSSR count). The molecule has 9 heteroatoms. The van der Waals surface area contributed by atoms with Crippen molar-refractivity contribution in [3.05, 3.63) is 81.5 Å². The Morgan fingerprint density at radius 2 is 1.87 bits per heavy atom. The third kappa shape index (κ3) is 3.68. The van der Waals surface area contributed by atoms with Gasteiger partial charge >= 0.3 is 5.97 Å². The van der Waals surface area contributed by atoms with Gasteiger partial charge in [-0.25, -0.2) is 9.80 Å². The van der Waals surface area contributed by atoms with Gasteiger partial charge in [0, 0.05) is 10.6 Å². The normalized spacial score (nSPS) is 15.0. The number of carboxylic acids is 1. The van der Waals surface area contributed by atoms with E-state index in [0.29, 0.717) is 22.0 Å². The molecule has 7 nitrogen and oxygen atoms in total. The Kier molecular flexibility index (Phi) is 5.07. The summed E-state index contributed by atoms with van der Waals surface area (Å²) < 4.78 is 5.68. The van der Waals surface area contributed by atoms with Crippen LogP contribution >= 0.6 is 23.2 Å². The highest BCUT2D eigenvalue weighted by Gasteiger charge is 2.34. The fourth-order valence-corrected chi connectivity index (χ4v) is 3.31. The molecule has 0 bridgehead atoms. The van der Waals surface area contributed by atoms with Crippen molar-refractivity contribution in [2.45, 2.75) is 0 Å². The lowest BCUT2D eigenvalue weighted by atomic mass is 10.1. The van der Waals surface area contributed by atoms with Crippen molar-refractivity contribution in [2.75, 3.05) is 5.01 Å². The summed E-state index contributed by atoms with van der Waals surface area (Å²) in [6.07, 6.45) is 1.32. The van der Waals surface area contributed by atoms with Crippen LogP contribution in [0.5, 0.6) is 0 Å². The number of halogens is 2. The summed E-state index contributed by atoms with van der Waals surface area (Å²) in [5.74, 6) is -1.69. The van der Waals surface area contributed by atoms with Crippen LogP contribution in [0.25, 0.3) is 17.4 Å². The van der Waals surface area contributed by atoms with E-state index in [1.54, 1.807) is 42.5 Å². The molecule has 30 heavy (non-hydrogen) atoms. The van der Waals surface area contributed by atoms with E-state index in [2.05, 4.69) is 5.43 Å². The number of hydrazine groups is 1. The highest BCUT2D eigenvalue weighted by Crippen LogP contribution is 2.29. The van der Waals surface area contributed by atoms with E-state index >= 15 is 0 Å². The van der Waals surface area contributed by atoms with E-state index in [9.17, 15) is 19.5 Å². The number of amides is 2. The summed E-state index contributed by atoms with van der Waals surface area (Å²) in [7, 11) is 0. The van der Waals surface area contributed by atoms with Gasteiger partial charge < -0.3 is 9.52 Å². The molecular weight excluding hydrogens is 431 g/mol. The number of anilines is 1. The molecule has 2 heterocycles. The number of aromatic carboxylic acids is 1. The predicted molar refractivity (Wildman–Crippen MR) is 111 cm³/mol. The second-order valence-electron chi connectivity index (χ2n) is 6.32. The number of rotatable bonds is 4. The van der Waals surface area contributed by atoms with Gasteiger partial charge in [-0.3, -0.25) is 15.0 Å². The molecule has 0 aliphatic carbocycles. The lowest BCUT2D eigenvalue weighted by Gasteiger charge is -2.14. The van der Waals surface area contributed by atoms with Crippen LogP contribution in [0.4, 0.5) is 5.69 Å². The number of carboxylic acid groups (broad SMARTS) is 1. The smallest absolute Gasteiger partial charge is 0.337 e. The Hall–Kier alpha value is -3.55. The van der Waals surface area contributed by atoms with Gasteiger partial charge in [0.2, 0.25) is 0 Å². The number of carbonyl (C=O) groups excluding carboxylic acids is 2. The molecule has 1 fully saturated rings. The molecule has 0 radical (unpaired) electrons. The second-order valence-corrected chi connectivity index (χ2v) is 7.16. The number of nitrogens with zero attached hydrogens (tertiary/aromatic N) is 1. The van der Waals surface area contributed by atoms with Crippen LogP contribution in [0, 0.1) is 0 Å². The van der Waals surface area contributed by atoms with Crippen LogP contribution in [-0.2, 0) is 9.59 Å². The summed E-state index contributed by atoms with van der Waals surface area (Å²) in [6.45, 7) is 0. The highest BCUT2D eigenvalue weighted by molar-refractivity contribution is 6.34. The first-order chi connectivity index (χ1) is 14.3. The summed E-state index contributed by atoms with van der Waals surface area (Å²) in [6, 6.07) is 14.1. The van der Waals surface area contributed by atoms with Crippen LogP contribution in [-0.4, -0.2) is 22.9 Å². The van der Waals surface area contributed by atoms with E-state index < -0.39 is 17.8 Å². The van der Waals surface area contributed by atoms with Crippen LogP contribution < -0.4 is 10.4 Å². The topological polar surface area (TPSA) is 99.9 Å². The minimum atomic E-state index is -1.16. The van der Waals surface area contributed by atoms with E-state index in [1.165, 1.54) is 18.2 Å². The van der Waals surface area contributed by atoms with Gasteiger partial charge in [0.1, 0.15) is 17.1 Å². The lowest BCUT2D eigenvalue weighted by molar-refractivity contribution is -0.117. The molecule has 150 valence electrons. The lowest BCUT2D eigenvalue weighted by Crippen LogP contribution is -2.35. The number of furan rings is 1. The molecule has 3 aromatic rings. The van der Waals surface area contributed by atoms with Crippen molar-refractivity contribution in [2.24, 2.45) is 0 Å². The van der Waals surface area contributed by atoms with E-state index in [-0.39, 0.29) is 21.9 Å². The van der Waals surface area contributed by atoms with Gasteiger partial charge in [0.05, 0.1) is 16.3 Å². The van der Waals surface area contributed by atoms with Gasteiger partial charge in [-0.2, -0.15) is 0 Å². The first-order valence-corrected chi connectivity index (χ1v) is 9.35. The Balaban J connectivity index is 1.63. The monoisotopic (exact) mass is 442 g/mol. The average molecular weight is 443 g/mol. The number of hydrogen-bond donors (Lipinski definition) is 2. The van der Waals surface area contributed by atoms with Crippen molar-refractivity contribution < 1.29 is 23.9 Å². The van der Waals surface area contributed by atoms with Crippen molar-refractivity contribution in [3.63, 3.8) is 0 Å². The molecule has 1 aliphatic heterocycles. The van der Waals surface area contributed by atoms with Gasteiger partial charge in [-0.1, -0.05) is 29.3 Å². The largest absolute Gasteiger partial charge is 0.478 e. The van der Waals surface area contributed by atoms with E-state index in [0.717, 1.165) is 5.01 Å². The van der Waals surface area contributed by atoms with Gasteiger partial charge in [-0.05, 0) is 54.6 Å². The van der Waals surface area contributed by atoms with Crippen LogP contribution in [0.2, 0.25) is 10.0 Å². The number of nitrogens with one attached hydrogen (secondary N) is 1. The van der Waals surface area contributed by atoms with Crippen molar-refractivity contribution in [3.8, 4) is 11.3 Å². The zero-order chi connectivity index (χ0) is 21.4. The summed E-state index contributed by atoms with van der Waals surface area (Å²) >= 11 is 11.8. The zero-order valence-corrected chi connectivity index (χ0v) is 16.6. The van der Waals surface area contributed by atoms with Crippen LogP contribution in [0.1, 0.15) is 16.1 Å². The average Bonchev–Trinajstić information content (AvgIpc) is 3.28. The molecule has 0 unspecified atom stereocenters. The maximum absolute atomic E-state index is 12.7. The summed E-state index contributed by atoms with van der Waals surface area (Å²) in [5, 5.41) is 10.8. The molecule has 0 atom stereocenters. The third-order valence-electron chi connectivity index (χ3n) is 4.35. The number of hydrogen-bond acceptors (Lipinski definition) is 4. The standard InChI is InChI=1S/C21H12Cl2N2O5/c22-12-2-1-3-13(9-12)25-20(27)16(19(26)24-25)10-14-5-7-18(30-14)11-4-6-17(23)15(8-11)21(28)29/h1-10H,(H,24,26)(H,28,29)/b16-10+. The highest BCUT2D eigenvalue weighted by atomic mass is 35.5. The fourth-order valence-electron chi connectivity index (χ4n) is 2.92. The molecule has 0 spiro atoms. The molecule has 2 amide bonds. The molecule has 2 aromatic carbocycles. The Morgan fingerprint density at radius 3 is 2.60 bits per heavy atom. The van der Waals surface area contributed by atoms with Crippen molar-refractivity contribution in [1.82, 2.24) is 5.43 Å². The fraction of sp³-hybridized carbons (Fsp3) is 0. The van der Waals surface area contributed by atoms with Crippen molar-refractivity contribution >= 4 is 52.7 Å². The Morgan fingerprint density at radius 1 is 1.07 bits per heavy atom. The first kappa shape index (κ1) is 19.8. The molecule has 2 N–H and O–H groups in total. The molecule has 1 aliphatic rings. The summed E-state index contributed by atoms with van der Waals surface area (Å²) in [5.41, 5.74) is 3.22. The molecular formula is C21H12Cl2N2O5. The van der Waals surface area contributed by atoms with Crippen LogP contribution in [0.15, 0.2) is 64.6 Å². The van der Waals surface area contributed by atoms with Gasteiger partial charge in [-0.15, -0.1) is 0 Å². The van der Waals surface area contributed by atoms with Gasteiger partial charge in [0.25, 0.3) is 11.8 Å². The minimum absolute atomic E-state index is 0.0621. The number of benzene rings is 2. The Bertz CT molecular complexity index is 1230. The quantitative estimate of drug-likeness (QED) is 0.460. The first-order valence-electron chi connectivity index (χ1n) is 8.59. The summed E-state index contributed by atoms with van der Waals surface area (Å²) in [4.78, 5) is 36.2. The zero-order valence-electron chi connectivity index (χ0n) is 15.1. The SMILES string of the molecule is O=C1NN(c2cccc(Cl)c2)C(=O)/C1=C/c1ccc(-c2ccc(Cl)c(C(=O)O)c2)o1. The molecule has 1 saturated heterocycles. The van der Waals surface area contributed by atoms with E-state index in [4.69, 9.17) is 27.6 Å². The second kappa shape index (κ2) is 7.70. The predicted octanol–water partition coefficient (Wildman–Crippen LogP) is 4.41. The minimum Gasteiger partial charge on any atom is -0.478 e. The number of carbonyl (C=O) groups is 3. The van der Waals surface area contributed by atoms with E-state index in [1.807, 2.05) is 0 Å². The van der Waals surface area contributed by atoms with Crippen molar-refractivity contribution in [1.29, 1.82) is 0 Å². The maximum Gasteiger partial charge on any atom is 0.337 e. The van der Waals surface area contributed by atoms with Crippen LogP contribution in [0.3, 0.4) is 0 Å². The van der Waals surface area contributed by atoms with Gasteiger partial charge in [0.15, 0.2) is 0 Å². The maximum atomic E-state index is 12.7. The third-order valence-corrected chi connectivity index (χ3v) is 4.92.